The van der Waals surface area contributed by atoms with E-state index in [9.17, 15) is 4.79 Å². The van der Waals surface area contributed by atoms with Crippen LogP contribution in [0.15, 0.2) is 54.7 Å². The van der Waals surface area contributed by atoms with Crippen molar-refractivity contribution in [3.05, 3.63) is 77.4 Å². The standard InChI is InChI=1S/C26H31N5O2S/c1-6-33-23(32)16-30-25(24(28-26(30)34)22-9-7-8-14-27-22)21-15-17(2)31(18(21)3)20-12-10-19(11-13-20)29(4)5/h7-15,24-25H,6,16H2,1-5H3,(H,28,34)/t24-,25-/m1/s1. The number of nitrogens with zero attached hydrogens (tertiary/aromatic N) is 4. The van der Waals surface area contributed by atoms with Crippen molar-refractivity contribution in [2.45, 2.75) is 32.9 Å². The highest BCUT2D eigenvalue weighted by Crippen LogP contribution is 2.41. The van der Waals surface area contributed by atoms with Gasteiger partial charge in [-0.15, -0.1) is 0 Å². The van der Waals surface area contributed by atoms with Crippen molar-refractivity contribution < 1.29 is 9.53 Å². The lowest BCUT2D eigenvalue weighted by atomic mass is 9.97. The minimum Gasteiger partial charge on any atom is -0.465 e. The van der Waals surface area contributed by atoms with E-state index >= 15 is 0 Å². The second kappa shape index (κ2) is 9.85. The van der Waals surface area contributed by atoms with Crippen LogP contribution in [0.3, 0.4) is 0 Å². The van der Waals surface area contributed by atoms with Gasteiger partial charge >= 0.3 is 5.97 Å². The molecule has 2 aromatic heterocycles. The maximum atomic E-state index is 12.5. The van der Waals surface area contributed by atoms with Crippen LogP contribution >= 0.6 is 12.2 Å². The number of anilines is 1. The molecule has 0 bridgehead atoms. The number of ether oxygens (including phenoxy) is 1. The first-order valence-corrected chi connectivity index (χ1v) is 11.8. The SMILES string of the molecule is CCOC(=O)CN1C(=S)N[C@H](c2ccccn2)[C@H]1c1cc(C)n(-c2ccc(N(C)C)cc2)c1C. The molecule has 1 aliphatic rings. The zero-order chi connectivity index (χ0) is 24.4. The Labute approximate surface area is 206 Å². The van der Waals surface area contributed by atoms with Gasteiger partial charge in [0.25, 0.3) is 0 Å². The number of nitrogens with one attached hydrogen (secondary N) is 1. The highest BCUT2D eigenvalue weighted by Gasteiger charge is 2.42. The summed E-state index contributed by atoms with van der Waals surface area (Å²) in [6, 6.07) is 16.1. The lowest BCUT2D eigenvalue weighted by Crippen LogP contribution is -2.35. The van der Waals surface area contributed by atoms with E-state index in [1.807, 2.05) is 44.1 Å². The summed E-state index contributed by atoms with van der Waals surface area (Å²) in [6.07, 6.45) is 1.78. The van der Waals surface area contributed by atoms with Crippen LogP contribution in [0.5, 0.6) is 0 Å². The number of hydrogen-bond donors (Lipinski definition) is 1. The van der Waals surface area contributed by atoms with E-state index in [4.69, 9.17) is 17.0 Å². The number of hydrogen-bond acceptors (Lipinski definition) is 5. The predicted octanol–water partition coefficient (Wildman–Crippen LogP) is 4.09. The molecule has 0 unspecified atom stereocenters. The monoisotopic (exact) mass is 477 g/mol. The molecule has 7 nitrogen and oxygen atoms in total. The molecule has 1 fully saturated rings. The van der Waals surface area contributed by atoms with Gasteiger partial charge in [-0.2, -0.15) is 0 Å². The zero-order valence-corrected chi connectivity index (χ0v) is 21.1. The Hall–Kier alpha value is -3.39. The Morgan fingerprint density at radius 2 is 1.91 bits per heavy atom. The Balaban J connectivity index is 1.78. The summed E-state index contributed by atoms with van der Waals surface area (Å²) >= 11 is 5.68. The fourth-order valence-electron chi connectivity index (χ4n) is 4.64. The largest absolute Gasteiger partial charge is 0.465 e. The van der Waals surface area contributed by atoms with Gasteiger partial charge in [0, 0.05) is 43.1 Å². The highest BCUT2D eigenvalue weighted by atomic mass is 32.1. The molecule has 0 radical (unpaired) electrons. The number of aryl methyl sites for hydroxylation is 1. The summed E-state index contributed by atoms with van der Waals surface area (Å²) in [5.74, 6) is -0.300. The zero-order valence-electron chi connectivity index (χ0n) is 20.3. The maximum Gasteiger partial charge on any atom is 0.325 e. The minimum atomic E-state index is -0.300. The van der Waals surface area contributed by atoms with Crippen LogP contribution < -0.4 is 10.2 Å². The van der Waals surface area contributed by atoms with Crippen LogP contribution in [-0.4, -0.2) is 52.8 Å². The number of carbonyl (C=O) groups excluding carboxylic acids is 1. The Morgan fingerprint density at radius 3 is 2.53 bits per heavy atom. The molecule has 1 aromatic carbocycles. The van der Waals surface area contributed by atoms with Crippen LogP contribution in [0.2, 0.25) is 0 Å². The van der Waals surface area contributed by atoms with Crippen molar-refractivity contribution >= 4 is 29.0 Å². The Bertz CT molecular complexity index is 1170. The molecule has 3 aromatic rings. The van der Waals surface area contributed by atoms with Gasteiger partial charge in [-0.3, -0.25) is 9.78 Å². The quantitative estimate of drug-likeness (QED) is 0.406. The van der Waals surface area contributed by atoms with Gasteiger partial charge < -0.3 is 24.4 Å². The van der Waals surface area contributed by atoms with Gasteiger partial charge in [0.05, 0.1) is 24.4 Å². The van der Waals surface area contributed by atoms with Gasteiger partial charge in [0.1, 0.15) is 6.54 Å². The molecule has 3 heterocycles. The van der Waals surface area contributed by atoms with Crippen molar-refractivity contribution in [1.82, 2.24) is 19.8 Å². The number of pyridine rings is 1. The Morgan fingerprint density at radius 1 is 1.18 bits per heavy atom. The van der Waals surface area contributed by atoms with Crippen LogP contribution in [0.1, 0.15) is 41.7 Å². The molecular weight excluding hydrogens is 446 g/mol. The number of rotatable bonds is 7. The van der Waals surface area contributed by atoms with E-state index < -0.39 is 0 Å². The molecule has 0 aliphatic carbocycles. The van der Waals surface area contributed by atoms with E-state index in [2.05, 4.69) is 63.9 Å². The average Bonchev–Trinajstić information content (AvgIpc) is 3.29. The lowest BCUT2D eigenvalue weighted by Gasteiger charge is -2.27. The first-order valence-electron chi connectivity index (χ1n) is 11.4. The van der Waals surface area contributed by atoms with Crippen molar-refractivity contribution in [3.63, 3.8) is 0 Å². The molecule has 0 saturated carbocycles. The normalized spacial score (nSPS) is 17.6. The summed E-state index contributed by atoms with van der Waals surface area (Å²) in [6.45, 7) is 6.43. The molecule has 1 aliphatic heterocycles. The topological polar surface area (TPSA) is 62.6 Å². The number of thiocarbonyl (C=S) groups is 1. The van der Waals surface area contributed by atoms with E-state index in [-0.39, 0.29) is 24.6 Å². The molecule has 8 heteroatoms. The number of carbonyl (C=O) groups is 1. The summed E-state index contributed by atoms with van der Waals surface area (Å²) < 4.78 is 7.49. The van der Waals surface area contributed by atoms with Gasteiger partial charge in [-0.05, 0) is 81.0 Å². The predicted molar refractivity (Wildman–Crippen MR) is 138 cm³/mol. The number of benzene rings is 1. The molecule has 178 valence electrons. The lowest BCUT2D eigenvalue weighted by molar-refractivity contribution is -0.143. The Kier molecular flexibility index (Phi) is 6.88. The molecule has 1 N–H and O–H groups in total. The molecule has 0 spiro atoms. The minimum absolute atomic E-state index is 0.0782. The van der Waals surface area contributed by atoms with Gasteiger partial charge in [0.15, 0.2) is 5.11 Å². The molecule has 34 heavy (non-hydrogen) atoms. The maximum absolute atomic E-state index is 12.5. The first kappa shape index (κ1) is 23.8. The highest BCUT2D eigenvalue weighted by molar-refractivity contribution is 7.80. The van der Waals surface area contributed by atoms with Crippen molar-refractivity contribution in [2.75, 3.05) is 32.1 Å². The second-order valence-corrected chi connectivity index (χ2v) is 9.02. The van der Waals surface area contributed by atoms with Gasteiger partial charge in [0.2, 0.25) is 0 Å². The van der Waals surface area contributed by atoms with E-state index in [1.165, 1.54) is 0 Å². The van der Waals surface area contributed by atoms with Crippen molar-refractivity contribution in [2.24, 2.45) is 0 Å². The fraction of sp³-hybridized carbons (Fsp3) is 0.346. The summed E-state index contributed by atoms with van der Waals surface area (Å²) in [5, 5.41) is 3.93. The van der Waals surface area contributed by atoms with E-state index in [0.717, 1.165) is 34.0 Å². The van der Waals surface area contributed by atoms with Crippen LogP contribution in [0, 0.1) is 13.8 Å². The smallest absolute Gasteiger partial charge is 0.325 e. The van der Waals surface area contributed by atoms with Crippen LogP contribution in [0.4, 0.5) is 5.69 Å². The molecule has 2 atom stereocenters. The summed E-state index contributed by atoms with van der Waals surface area (Å²) in [5.41, 5.74) is 6.42. The third-order valence-corrected chi connectivity index (χ3v) is 6.57. The summed E-state index contributed by atoms with van der Waals surface area (Å²) in [4.78, 5) is 21.0. The fourth-order valence-corrected chi connectivity index (χ4v) is 4.95. The average molecular weight is 478 g/mol. The first-order chi connectivity index (χ1) is 16.3. The van der Waals surface area contributed by atoms with Crippen molar-refractivity contribution in [1.29, 1.82) is 0 Å². The molecule has 4 rings (SSSR count). The third kappa shape index (κ3) is 4.50. The van der Waals surface area contributed by atoms with Crippen LogP contribution in [-0.2, 0) is 9.53 Å². The van der Waals surface area contributed by atoms with Gasteiger partial charge in [-0.25, -0.2) is 0 Å². The molecule has 0 amide bonds. The van der Waals surface area contributed by atoms with Gasteiger partial charge in [-0.1, -0.05) is 6.07 Å². The molecular formula is C26H31N5O2S. The number of esters is 1. The van der Waals surface area contributed by atoms with Crippen molar-refractivity contribution in [3.8, 4) is 5.69 Å². The number of aromatic nitrogens is 2. The van der Waals surface area contributed by atoms with E-state index in [1.54, 1.807) is 6.20 Å². The summed E-state index contributed by atoms with van der Waals surface area (Å²) in [7, 11) is 4.07. The molecule has 1 saturated heterocycles. The third-order valence-electron chi connectivity index (χ3n) is 6.22. The second-order valence-electron chi connectivity index (χ2n) is 8.63. The van der Waals surface area contributed by atoms with Crippen LogP contribution in [0.25, 0.3) is 5.69 Å². The van der Waals surface area contributed by atoms with E-state index in [0.29, 0.717) is 11.7 Å².